The van der Waals surface area contributed by atoms with Gasteiger partial charge in [-0.1, -0.05) is 0 Å². The van der Waals surface area contributed by atoms with Crippen molar-refractivity contribution in [3.05, 3.63) is 35.3 Å². The van der Waals surface area contributed by atoms with Crippen molar-refractivity contribution in [3.8, 4) is 0 Å². The smallest absolute Gasteiger partial charge is 0.147 e. The third kappa shape index (κ3) is 2.67. The minimum atomic E-state index is 0.815. The van der Waals surface area contributed by atoms with Crippen molar-refractivity contribution in [2.45, 2.75) is 34.2 Å². The third-order valence-electron chi connectivity index (χ3n) is 3.07. The average Bonchev–Trinajstić information content (AvgIpc) is 2.65. The fourth-order valence-corrected chi connectivity index (χ4v) is 1.77. The quantitative estimate of drug-likeness (QED) is 0.895. The first-order valence-electron chi connectivity index (χ1n) is 6.10. The highest BCUT2D eigenvalue weighted by atomic mass is 15.1. The zero-order valence-electron chi connectivity index (χ0n) is 11.4. The van der Waals surface area contributed by atoms with Gasteiger partial charge in [0.2, 0.25) is 0 Å². The molecule has 0 fully saturated rings. The van der Waals surface area contributed by atoms with Gasteiger partial charge in [0.05, 0.1) is 23.4 Å². The second-order valence-electron chi connectivity index (χ2n) is 4.48. The summed E-state index contributed by atoms with van der Waals surface area (Å²) in [6.45, 7) is 9.70. The third-order valence-corrected chi connectivity index (χ3v) is 3.07. The Kier molecular flexibility index (Phi) is 3.60. The van der Waals surface area contributed by atoms with E-state index in [2.05, 4.69) is 31.8 Å². The first kappa shape index (κ1) is 12.5. The SMILES string of the molecule is Cc1cnc(C)c(NCCn2cnc(C)c2C)n1. The Labute approximate surface area is 107 Å². The molecule has 0 aliphatic heterocycles. The lowest BCUT2D eigenvalue weighted by atomic mass is 10.3. The summed E-state index contributed by atoms with van der Waals surface area (Å²) in [4.78, 5) is 13.0. The topological polar surface area (TPSA) is 55.6 Å². The molecule has 0 bridgehead atoms. The molecule has 0 saturated heterocycles. The van der Waals surface area contributed by atoms with Gasteiger partial charge in [0.25, 0.3) is 0 Å². The van der Waals surface area contributed by atoms with Crippen LogP contribution in [0, 0.1) is 27.7 Å². The van der Waals surface area contributed by atoms with Gasteiger partial charge in [-0.15, -0.1) is 0 Å². The highest BCUT2D eigenvalue weighted by Gasteiger charge is 2.03. The van der Waals surface area contributed by atoms with Crippen LogP contribution in [0.25, 0.3) is 0 Å². The predicted octanol–water partition coefficient (Wildman–Crippen LogP) is 2.02. The van der Waals surface area contributed by atoms with Gasteiger partial charge in [-0.25, -0.2) is 9.97 Å². The molecule has 18 heavy (non-hydrogen) atoms. The van der Waals surface area contributed by atoms with E-state index in [0.29, 0.717) is 0 Å². The van der Waals surface area contributed by atoms with Gasteiger partial charge in [-0.3, -0.25) is 4.98 Å². The van der Waals surface area contributed by atoms with Crippen molar-refractivity contribution in [2.24, 2.45) is 0 Å². The van der Waals surface area contributed by atoms with Crippen LogP contribution in [0.3, 0.4) is 0 Å². The monoisotopic (exact) mass is 245 g/mol. The molecule has 2 aromatic rings. The second kappa shape index (κ2) is 5.16. The Morgan fingerprint density at radius 3 is 2.56 bits per heavy atom. The van der Waals surface area contributed by atoms with Crippen LogP contribution in [-0.4, -0.2) is 26.1 Å². The predicted molar refractivity (Wildman–Crippen MR) is 71.7 cm³/mol. The lowest BCUT2D eigenvalue weighted by molar-refractivity contribution is 0.703. The molecule has 1 N–H and O–H groups in total. The molecule has 2 rings (SSSR count). The van der Waals surface area contributed by atoms with Crippen LogP contribution in [0.2, 0.25) is 0 Å². The molecule has 0 amide bonds. The maximum absolute atomic E-state index is 4.43. The van der Waals surface area contributed by atoms with Crippen LogP contribution >= 0.6 is 0 Å². The minimum absolute atomic E-state index is 0.815. The Hall–Kier alpha value is -1.91. The summed E-state index contributed by atoms with van der Waals surface area (Å²) in [7, 11) is 0. The standard InChI is InChI=1S/C13H19N5/c1-9-7-15-11(3)13(17-9)14-5-6-18-8-16-10(2)12(18)4/h7-8H,5-6H2,1-4H3,(H,14,17). The molecule has 2 heterocycles. The zero-order chi connectivity index (χ0) is 13.1. The van der Waals surface area contributed by atoms with Gasteiger partial charge in [0.1, 0.15) is 5.82 Å². The molecule has 0 aliphatic carbocycles. The van der Waals surface area contributed by atoms with Crippen molar-refractivity contribution >= 4 is 5.82 Å². The van der Waals surface area contributed by atoms with Gasteiger partial charge >= 0.3 is 0 Å². The van der Waals surface area contributed by atoms with E-state index in [0.717, 1.165) is 36.0 Å². The van der Waals surface area contributed by atoms with Crippen LogP contribution in [0.1, 0.15) is 22.8 Å². The van der Waals surface area contributed by atoms with Crippen LogP contribution in [-0.2, 0) is 6.54 Å². The van der Waals surface area contributed by atoms with Crippen molar-refractivity contribution in [3.63, 3.8) is 0 Å². The van der Waals surface area contributed by atoms with Gasteiger partial charge in [-0.2, -0.15) is 0 Å². The Morgan fingerprint density at radius 1 is 1.11 bits per heavy atom. The molecule has 0 spiro atoms. The summed E-state index contributed by atoms with van der Waals surface area (Å²) >= 11 is 0. The molecular weight excluding hydrogens is 226 g/mol. The minimum Gasteiger partial charge on any atom is -0.367 e. The molecule has 2 aromatic heterocycles. The number of aromatic nitrogens is 4. The van der Waals surface area contributed by atoms with Crippen molar-refractivity contribution < 1.29 is 0 Å². The zero-order valence-corrected chi connectivity index (χ0v) is 11.4. The fourth-order valence-electron chi connectivity index (χ4n) is 1.77. The Morgan fingerprint density at radius 2 is 1.89 bits per heavy atom. The Bertz CT molecular complexity index is 544. The summed E-state index contributed by atoms with van der Waals surface area (Å²) in [5.74, 6) is 0.865. The molecule has 0 aromatic carbocycles. The van der Waals surface area contributed by atoms with Crippen molar-refractivity contribution in [1.29, 1.82) is 0 Å². The number of rotatable bonds is 4. The summed E-state index contributed by atoms with van der Waals surface area (Å²) in [6, 6.07) is 0. The largest absolute Gasteiger partial charge is 0.367 e. The van der Waals surface area contributed by atoms with E-state index in [4.69, 9.17) is 0 Å². The van der Waals surface area contributed by atoms with Gasteiger partial charge < -0.3 is 9.88 Å². The number of anilines is 1. The fraction of sp³-hybridized carbons (Fsp3) is 0.462. The lowest BCUT2D eigenvalue weighted by Gasteiger charge is -2.10. The van der Waals surface area contributed by atoms with E-state index >= 15 is 0 Å². The summed E-state index contributed by atoms with van der Waals surface area (Å²) in [5, 5.41) is 3.32. The second-order valence-corrected chi connectivity index (χ2v) is 4.48. The first-order chi connectivity index (χ1) is 8.58. The van der Waals surface area contributed by atoms with Crippen LogP contribution < -0.4 is 5.32 Å². The maximum atomic E-state index is 4.43. The van der Waals surface area contributed by atoms with Crippen LogP contribution in [0.15, 0.2) is 12.5 Å². The molecule has 0 atom stereocenters. The summed E-state index contributed by atoms with van der Waals surface area (Å²) in [6.07, 6.45) is 3.66. The number of hydrogen-bond acceptors (Lipinski definition) is 4. The van der Waals surface area contributed by atoms with E-state index in [9.17, 15) is 0 Å². The van der Waals surface area contributed by atoms with Gasteiger partial charge in [0.15, 0.2) is 0 Å². The highest BCUT2D eigenvalue weighted by molar-refractivity contribution is 5.39. The van der Waals surface area contributed by atoms with Gasteiger partial charge in [0, 0.05) is 25.0 Å². The first-order valence-corrected chi connectivity index (χ1v) is 6.10. The van der Waals surface area contributed by atoms with E-state index in [1.807, 2.05) is 27.1 Å². The van der Waals surface area contributed by atoms with Crippen molar-refractivity contribution in [1.82, 2.24) is 19.5 Å². The number of imidazole rings is 1. The summed E-state index contributed by atoms with van der Waals surface area (Å²) < 4.78 is 2.14. The van der Waals surface area contributed by atoms with Crippen LogP contribution in [0.4, 0.5) is 5.82 Å². The van der Waals surface area contributed by atoms with E-state index in [1.165, 1.54) is 5.69 Å². The van der Waals surface area contributed by atoms with E-state index < -0.39 is 0 Å². The molecule has 5 nitrogen and oxygen atoms in total. The normalized spacial score (nSPS) is 10.7. The number of aryl methyl sites for hydroxylation is 3. The summed E-state index contributed by atoms with van der Waals surface area (Å²) in [5.41, 5.74) is 4.15. The van der Waals surface area contributed by atoms with Crippen molar-refractivity contribution in [2.75, 3.05) is 11.9 Å². The maximum Gasteiger partial charge on any atom is 0.147 e. The molecule has 0 unspecified atom stereocenters. The number of nitrogens with zero attached hydrogens (tertiary/aromatic N) is 4. The average molecular weight is 245 g/mol. The molecule has 5 heteroatoms. The molecule has 0 aliphatic rings. The number of hydrogen-bond donors (Lipinski definition) is 1. The van der Waals surface area contributed by atoms with E-state index in [1.54, 1.807) is 6.20 Å². The number of nitrogens with one attached hydrogen (secondary N) is 1. The molecule has 0 saturated carbocycles. The highest BCUT2D eigenvalue weighted by Crippen LogP contribution is 2.09. The van der Waals surface area contributed by atoms with E-state index in [-0.39, 0.29) is 0 Å². The molecule has 0 radical (unpaired) electrons. The Balaban J connectivity index is 1.96. The molecule has 96 valence electrons. The van der Waals surface area contributed by atoms with Crippen LogP contribution in [0.5, 0.6) is 0 Å². The lowest BCUT2D eigenvalue weighted by Crippen LogP contribution is -2.13. The molecular formula is C13H19N5. The van der Waals surface area contributed by atoms with Gasteiger partial charge in [-0.05, 0) is 27.7 Å².